The lowest BCUT2D eigenvalue weighted by Crippen LogP contribution is -2.25. The molecule has 1 N–H and O–H groups in total. The molecule has 0 radical (unpaired) electrons. The second-order valence-corrected chi connectivity index (χ2v) is 7.54. The van der Waals surface area contributed by atoms with Crippen LogP contribution in [0.25, 0.3) is 0 Å². The maximum Gasteiger partial charge on any atom is 0.261 e. The average molecular weight is 322 g/mol. The monoisotopic (exact) mass is 321 g/mol. The van der Waals surface area contributed by atoms with Crippen LogP contribution in [-0.4, -0.2) is 20.9 Å². The van der Waals surface area contributed by atoms with Gasteiger partial charge in [0.1, 0.15) is 0 Å². The highest BCUT2D eigenvalue weighted by Crippen LogP contribution is 2.31. The Bertz CT molecular complexity index is 597. The fourth-order valence-electron chi connectivity index (χ4n) is 1.72. The van der Waals surface area contributed by atoms with Gasteiger partial charge in [0.15, 0.2) is 0 Å². The number of rotatable bonds is 5. The van der Waals surface area contributed by atoms with Gasteiger partial charge >= 0.3 is 0 Å². The molecule has 19 heavy (non-hydrogen) atoms. The second kappa shape index (κ2) is 5.69. The normalized spacial score (nSPS) is 15.3. The van der Waals surface area contributed by atoms with Crippen molar-refractivity contribution in [1.29, 1.82) is 0 Å². The Labute approximate surface area is 121 Å². The van der Waals surface area contributed by atoms with Crippen LogP contribution in [0.2, 0.25) is 5.02 Å². The standard InChI is InChI=1S/C12H13Cl2NO3S/c13-11-4-3-9(19(14,17)18)7-10(11)12(16)15-6-5-8-1-2-8/h3-4,7-8H,1-2,5-6H2,(H,15,16). The van der Waals surface area contributed by atoms with Crippen LogP contribution in [0.3, 0.4) is 0 Å². The summed E-state index contributed by atoms with van der Waals surface area (Å²) in [6, 6.07) is 3.81. The smallest absolute Gasteiger partial charge is 0.261 e. The number of amides is 1. The van der Waals surface area contributed by atoms with Crippen LogP contribution in [0.5, 0.6) is 0 Å². The van der Waals surface area contributed by atoms with Gasteiger partial charge in [-0.25, -0.2) is 8.42 Å². The lowest BCUT2D eigenvalue weighted by atomic mass is 10.2. The van der Waals surface area contributed by atoms with Crippen LogP contribution >= 0.6 is 22.3 Å². The fourth-order valence-corrected chi connectivity index (χ4v) is 2.70. The van der Waals surface area contributed by atoms with Gasteiger partial charge in [-0.2, -0.15) is 0 Å². The highest BCUT2D eigenvalue weighted by Gasteiger charge is 2.21. The van der Waals surface area contributed by atoms with Crippen LogP contribution in [0.4, 0.5) is 0 Å². The van der Waals surface area contributed by atoms with Crippen molar-refractivity contribution in [2.75, 3.05) is 6.54 Å². The predicted molar refractivity (Wildman–Crippen MR) is 74.2 cm³/mol. The molecule has 1 aliphatic carbocycles. The van der Waals surface area contributed by atoms with Gasteiger partial charge in [-0.05, 0) is 30.5 Å². The van der Waals surface area contributed by atoms with Crippen molar-refractivity contribution in [2.45, 2.75) is 24.2 Å². The molecule has 0 aromatic heterocycles. The zero-order valence-corrected chi connectivity index (χ0v) is 12.4. The molecule has 1 aromatic rings. The molecule has 0 aliphatic heterocycles. The highest BCUT2D eigenvalue weighted by atomic mass is 35.7. The third-order valence-electron chi connectivity index (χ3n) is 3.00. The van der Waals surface area contributed by atoms with Crippen LogP contribution in [-0.2, 0) is 9.05 Å². The number of halogens is 2. The van der Waals surface area contributed by atoms with Gasteiger partial charge in [0, 0.05) is 17.2 Å². The predicted octanol–water partition coefficient (Wildman–Crippen LogP) is 2.80. The summed E-state index contributed by atoms with van der Waals surface area (Å²) in [4.78, 5) is 11.8. The van der Waals surface area contributed by atoms with E-state index in [-0.39, 0.29) is 21.4 Å². The first-order valence-corrected chi connectivity index (χ1v) is 8.59. The minimum Gasteiger partial charge on any atom is -0.352 e. The highest BCUT2D eigenvalue weighted by molar-refractivity contribution is 8.13. The minimum absolute atomic E-state index is 0.124. The summed E-state index contributed by atoms with van der Waals surface area (Å²) in [6.07, 6.45) is 3.38. The molecular formula is C12H13Cl2NO3S. The number of hydrogen-bond donors (Lipinski definition) is 1. The number of carbonyl (C=O) groups excluding carboxylic acids is 1. The van der Waals surface area contributed by atoms with Gasteiger partial charge in [-0.3, -0.25) is 4.79 Å². The summed E-state index contributed by atoms with van der Waals surface area (Å²) in [5.74, 6) is 0.332. The molecule has 0 heterocycles. The van der Waals surface area contributed by atoms with E-state index in [2.05, 4.69) is 5.32 Å². The van der Waals surface area contributed by atoms with Gasteiger partial charge < -0.3 is 5.32 Å². The molecule has 1 amide bonds. The molecular weight excluding hydrogens is 309 g/mol. The largest absolute Gasteiger partial charge is 0.352 e. The van der Waals surface area contributed by atoms with Gasteiger partial charge in [0.25, 0.3) is 15.0 Å². The Balaban J connectivity index is 2.10. The molecule has 1 saturated carbocycles. The number of benzene rings is 1. The van der Waals surface area contributed by atoms with Crippen LogP contribution in [0.15, 0.2) is 23.1 Å². The molecule has 0 spiro atoms. The van der Waals surface area contributed by atoms with Crippen LogP contribution in [0, 0.1) is 5.92 Å². The van der Waals surface area contributed by atoms with Crippen molar-refractivity contribution in [2.24, 2.45) is 5.92 Å². The molecule has 0 unspecified atom stereocenters. The van der Waals surface area contributed by atoms with Crippen molar-refractivity contribution >= 4 is 37.2 Å². The maximum atomic E-state index is 11.9. The molecule has 1 fully saturated rings. The molecule has 4 nitrogen and oxygen atoms in total. The molecule has 104 valence electrons. The molecule has 2 rings (SSSR count). The Kier molecular flexibility index (Phi) is 4.38. The van der Waals surface area contributed by atoms with Crippen molar-refractivity contribution in [3.05, 3.63) is 28.8 Å². The van der Waals surface area contributed by atoms with E-state index in [4.69, 9.17) is 22.3 Å². The minimum atomic E-state index is -3.87. The van der Waals surface area contributed by atoms with E-state index in [1.54, 1.807) is 0 Å². The average Bonchev–Trinajstić information content (AvgIpc) is 3.12. The van der Waals surface area contributed by atoms with E-state index in [1.807, 2.05) is 0 Å². The summed E-state index contributed by atoms with van der Waals surface area (Å²) in [5, 5.41) is 2.93. The molecule has 0 bridgehead atoms. The molecule has 0 saturated heterocycles. The lowest BCUT2D eigenvalue weighted by Gasteiger charge is -2.07. The third kappa shape index (κ3) is 4.09. The topological polar surface area (TPSA) is 63.2 Å². The fraction of sp³-hybridized carbons (Fsp3) is 0.417. The van der Waals surface area contributed by atoms with E-state index >= 15 is 0 Å². The second-order valence-electron chi connectivity index (χ2n) is 4.57. The van der Waals surface area contributed by atoms with Crippen molar-refractivity contribution in [3.8, 4) is 0 Å². The summed E-state index contributed by atoms with van der Waals surface area (Å²) >= 11 is 5.90. The van der Waals surface area contributed by atoms with E-state index in [0.29, 0.717) is 12.5 Å². The number of hydrogen-bond acceptors (Lipinski definition) is 3. The number of nitrogens with one attached hydrogen (secondary N) is 1. The summed E-state index contributed by atoms with van der Waals surface area (Å²) in [5.41, 5.74) is 0.124. The van der Waals surface area contributed by atoms with Crippen LogP contribution < -0.4 is 5.32 Å². The Morgan fingerprint density at radius 1 is 1.37 bits per heavy atom. The zero-order chi connectivity index (χ0) is 14.0. The van der Waals surface area contributed by atoms with E-state index in [9.17, 15) is 13.2 Å². The lowest BCUT2D eigenvalue weighted by molar-refractivity contribution is 0.0952. The zero-order valence-electron chi connectivity index (χ0n) is 10.0. The first-order valence-electron chi connectivity index (χ1n) is 5.90. The van der Waals surface area contributed by atoms with Gasteiger partial charge in [-0.15, -0.1) is 0 Å². The van der Waals surface area contributed by atoms with Crippen molar-refractivity contribution < 1.29 is 13.2 Å². The van der Waals surface area contributed by atoms with Gasteiger partial charge in [-0.1, -0.05) is 24.4 Å². The van der Waals surface area contributed by atoms with E-state index in [1.165, 1.54) is 31.0 Å². The summed E-state index contributed by atoms with van der Waals surface area (Å²) in [7, 11) is 1.37. The Morgan fingerprint density at radius 2 is 2.05 bits per heavy atom. The van der Waals surface area contributed by atoms with E-state index in [0.717, 1.165) is 6.42 Å². The number of carbonyl (C=O) groups is 1. The van der Waals surface area contributed by atoms with Gasteiger partial charge in [0.2, 0.25) is 0 Å². The van der Waals surface area contributed by atoms with Crippen LogP contribution in [0.1, 0.15) is 29.6 Å². The third-order valence-corrected chi connectivity index (χ3v) is 4.68. The maximum absolute atomic E-state index is 11.9. The quantitative estimate of drug-likeness (QED) is 0.848. The summed E-state index contributed by atoms with van der Waals surface area (Å²) in [6.45, 7) is 0.567. The Morgan fingerprint density at radius 3 is 2.63 bits per heavy atom. The molecule has 1 aromatic carbocycles. The Hall–Kier alpha value is -0.780. The first-order chi connectivity index (χ1) is 8.88. The molecule has 7 heteroatoms. The van der Waals surface area contributed by atoms with Gasteiger partial charge in [0.05, 0.1) is 15.5 Å². The SMILES string of the molecule is O=C(NCCC1CC1)c1cc(S(=O)(=O)Cl)ccc1Cl. The van der Waals surface area contributed by atoms with Crippen molar-refractivity contribution in [1.82, 2.24) is 5.32 Å². The summed E-state index contributed by atoms with van der Waals surface area (Å²) < 4.78 is 22.4. The molecule has 1 aliphatic rings. The molecule has 0 atom stereocenters. The van der Waals surface area contributed by atoms with Crippen molar-refractivity contribution in [3.63, 3.8) is 0 Å². The first kappa shape index (κ1) is 14.6. The van der Waals surface area contributed by atoms with E-state index < -0.39 is 9.05 Å².